The van der Waals surface area contributed by atoms with Crippen molar-refractivity contribution < 1.29 is 9.32 Å². The summed E-state index contributed by atoms with van der Waals surface area (Å²) >= 11 is 5.92. The van der Waals surface area contributed by atoms with E-state index >= 15 is 0 Å². The summed E-state index contributed by atoms with van der Waals surface area (Å²) in [6, 6.07) is 15.4. The highest BCUT2D eigenvalue weighted by Gasteiger charge is 2.21. The molecule has 1 amide bonds. The Bertz CT molecular complexity index is 1040. The largest absolute Gasteiger partial charge is 0.338 e. The van der Waals surface area contributed by atoms with Crippen molar-refractivity contribution in [1.82, 2.24) is 19.9 Å². The molecule has 30 heavy (non-hydrogen) atoms. The van der Waals surface area contributed by atoms with E-state index in [-0.39, 0.29) is 5.91 Å². The summed E-state index contributed by atoms with van der Waals surface area (Å²) in [6.07, 6.45) is 3.53. The predicted molar refractivity (Wildman–Crippen MR) is 117 cm³/mol. The molecule has 0 bridgehead atoms. The minimum atomic E-state index is 0.0407. The van der Waals surface area contributed by atoms with Gasteiger partial charge in [-0.15, -0.1) is 0 Å². The number of hydrogen-bond acceptors (Lipinski definition) is 5. The van der Waals surface area contributed by atoms with Crippen LogP contribution in [0.1, 0.15) is 17.0 Å². The van der Waals surface area contributed by atoms with Crippen LogP contribution in [0, 0.1) is 6.92 Å². The van der Waals surface area contributed by atoms with Crippen LogP contribution < -0.4 is 0 Å². The zero-order valence-corrected chi connectivity index (χ0v) is 17.5. The molecule has 0 radical (unpaired) electrons. The van der Waals surface area contributed by atoms with Crippen molar-refractivity contribution in [3.8, 4) is 11.4 Å². The third-order valence-electron chi connectivity index (χ3n) is 5.07. The lowest BCUT2D eigenvalue weighted by atomic mass is 10.1. The molecule has 0 N–H and O–H groups in total. The smallest absolute Gasteiger partial charge is 0.246 e. The number of benzene rings is 2. The molecule has 6 nitrogen and oxygen atoms in total. The number of aromatic nitrogens is 2. The Labute approximate surface area is 180 Å². The maximum Gasteiger partial charge on any atom is 0.246 e. The minimum absolute atomic E-state index is 0.0407. The number of amides is 1. The van der Waals surface area contributed by atoms with E-state index in [9.17, 15) is 4.79 Å². The number of carbonyl (C=O) groups is 1. The quantitative estimate of drug-likeness (QED) is 0.580. The van der Waals surface area contributed by atoms with Crippen molar-refractivity contribution in [2.45, 2.75) is 13.5 Å². The summed E-state index contributed by atoms with van der Waals surface area (Å²) in [5.74, 6) is 1.16. The van der Waals surface area contributed by atoms with E-state index in [0.29, 0.717) is 36.4 Å². The number of halogens is 1. The molecule has 0 aliphatic carbocycles. The van der Waals surface area contributed by atoms with Gasteiger partial charge in [0.2, 0.25) is 17.6 Å². The summed E-state index contributed by atoms with van der Waals surface area (Å²) in [7, 11) is 0. The van der Waals surface area contributed by atoms with Crippen LogP contribution in [0.2, 0.25) is 5.02 Å². The van der Waals surface area contributed by atoms with Gasteiger partial charge in [0.05, 0.1) is 6.54 Å². The van der Waals surface area contributed by atoms with Gasteiger partial charge >= 0.3 is 0 Å². The zero-order valence-electron chi connectivity index (χ0n) is 16.8. The van der Waals surface area contributed by atoms with Crippen LogP contribution in [0.5, 0.6) is 0 Å². The van der Waals surface area contributed by atoms with E-state index in [4.69, 9.17) is 16.1 Å². The molecule has 2 aromatic carbocycles. The van der Waals surface area contributed by atoms with Crippen molar-refractivity contribution in [2.75, 3.05) is 26.2 Å². The minimum Gasteiger partial charge on any atom is -0.338 e. The lowest BCUT2D eigenvalue weighted by Gasteiger charge is -2.33. The van der Waals surface area contributed by atoms with Gasteiger partial charge in [0.25, 0.3) is 0 Å². The number of piperazine rings is 1. The van der Waals surface area contributed by atoms with E-state index < -0.39 is 0 Å². The first-order chi connectivity index (χ1) is 14.6. The second-order valence-electron chi connectivity index (χ2n) is 7.37. The monoisotopic (exact) mass is 422 g/mol. The van der Waals surface area contributed by atoms with Crippen molar-refractivity contribution in [3.05, 3.63) is 76.6 Å². The normalized spacial score (nSPS) is 15.1. The molecule has 7 heteroatoms. The molecule has 1 saturated heterocycles. The van der Waals surface area contributed by atoms with Crippen LogP contribution in [0.15, 0.2) is 59.1 Å². The molecule has 1 aliphatic heterocycles. The third kappa shape index (κ3) is 5.14. The maximum atomic E-state index is 12.5. The molecule has 1 aromatic heterocycles. The molecule has 3 aromatic rings. The summed E-state index contributed by atoms with van der Waals surface area (Å²) in [6.45, 7) is 5.50. The summed E-state index contributed by atoms with van der Waals surface area (Å²) in [5.41, 5.74) is 3.08. The van der Waals surface area contributed by atoms with Gasteiger partial charge < -0.3 is 9.42 Å². The number of hydrogen-bond donors (Lipinski definition) is 0. The Balaban J connectivity index is 1.28. The first-order valence-electron chi connectivity index (χ1n) is 9.91. The standard InChI is InChI=1S/C23H23ClN4O2/c1-17-3-2-4-18(15-17)5-10-22(29)28-13-11-27(12-14-28)16-21-25-23(26-30-21)19-6-8-20(24)9-7-19/h2-10,15H,11-14,16H2,1H3. The predicted octanol–water partition coefficient (Wildman–Crippen LogP) is 4.06. The van der Waals surface area contributed by atoms with Crippen molar-refractivity contribution in [1.29, 1.82) is 0 Å². The van der Waals surface area contributed by atoms with Crippen LogP contribution in [0.4, 0.5) is 0 Å². The van der Waals surface area contributed by atoms with E-state index in [1.54, 1.807) is 18.2 Å². The van der Waals surface area contributed by atoms with Crippen LogP contribution >= 0.6 is 11.6 Å². The fourth-order valence-electron chi connectivity index (χ4n) is 3.40. The number of carbonyl (C=O) groups excluding carboxylic acids is 1. The molecule has 1 aliphatic rings. The molecule has 0 spiro atoms. The molecule has 4 rings (SSSR count). The van der Waals surface area contributed by atoms with Gasteiger partial charge in [-0.1, -0.05) is 46.6 Å². The molecule has 0 atom stereocenters. The second-order valence-corrected chi connectivity index (χ2v) is 7.80. The molecular weight excluding hydrogens is 400 g/mol. The highest BCUT2D eigenvalue weighted by atomic mass is 35.5. The second kappa shape index (κ2) is 9.24. The lowest BCUT2D eigenvalue weighted by Crippen LogP contribution is -2.47. The van der Waals surface area contributed by atoms with Crippen LogP contribution in [0.3, 0.4) is 0 Å². The highest BCUT2D eigenvalue weighted by molar-refractivity contribution is 6.30. The van der Waals surface area contributed by atoms with Crippen molar-refractivity contribution in [2.24, 2.45) is 0 Å². The van der Waals surface area contributed by atoms with Crippen molar-refractivity contribution in [3.63, 3.8) is 0 Å². The van der Waals surface area contributed by atoms with E-state index in [1.807, 2.05) is 48.2 Å². The Kier molecular flexibility index (Phi) is 6.26. The molecule has 2 heterocycles. The van der Waals surface area contributed by atoms with Gasteiger partial charge in [0, 0.05) is 42.8 Å². The lowest BCUT2D eigenvalue weighted by molar-refractivity contribution is -0.127. The average molecular weight is 423 g/mol. The topological polar surface area (TPSA) is 62.5 Å². The van der Waals surface area contributed by atoms with Gasteiger partial charge in [0.1, 0.15) is 0 Å². The van der Waals surface area contributed by atoms with E-state index in [2.05, 4.69) is 21.1 Å². The fraction of sp³-hybridized carbons (Fsp3) is 0.261. The Morgan fingerprint density at radius 1 is 1.13 bits per heavy atom. The molecule has 1 fully saturated rings. The highest BCUT2D eigenvalue weighted by Crippen LogP contribution is 2.19. The first kappa shape index (κ1) is 20.3. The zero-order chi connectivity index (χ0) is 20.9. The average Bonchev–Trinajstić information content (AvgIpc) is 3.21. The van der Waals surface area contributed by atoms with Gasteiger partial charge in [0.15, 0.2) is 0 Å². The van der Waals surface area contributed by atoms with Crippen LogP contribution in [-0.4, -0.2) is 52.0 Å². The summed E-state index contributed by atoms with van der Waals surface area (Å²) in [5, 5.41) is 4.72. The molecule has 0 unspecified atom stereocenters. The number of rotatable bonds is 5. The summed E-state index contributed by atoms with van der Waals surface area (Å²) < 4.78 is 5.40. The van der Waals surface area contributed by atoms with E-state index in [0.717, 1.165) is 24.2 Å². The third-order valence-corrected chi connectivity index (χ3v) is 5.33. The van der Waals surface area contributed by atoms with Crippen LogP contribution in [0.25, 0.3) is 17.5 Å². The van der Waals surface area contributed by atoms with Gasteiger partial charge in [-0.25, -0.2) is 0 Å². The van der Waals surface area contributed by atoms with E-state index in [1.165, 1.54) is 5.56 Å². The molecule has 0 saturated carbocycles. The number of nitrogens with zero attached hydrogens (tertiary/aromatic N) is 4. The summed E-state index contributed by atoms with van der Waals surface area (Å²) in [4.78, 5) is 21.0. The Morgan fingerprint density at radius 3 is 2.63 bits per heavy atom. The van der Waals surface area contributed by atoms with Gasteiger partial charge in [-0.05, 0) is 42.8 Å². The first-order valence-corrected chi connectivity index (χ1v) is 10.3. The fourth-order valence-corrected chi connectivity index (χ4v) is 3.53. The molecular formula is C23H23ClN4O2. The Morgan fingerprint density at radius 2 is 1.90 bits per heavy atom. The van der Waals surface area contributed by atoms with Gasteiger partial charge in [-0.2, -0.15) is 4.98 Å². The van der Waals surface area contributed by atoms with Crippen LogP contribution in [-0.2, 0) is 11.3 Å². The van der Waals surface area contributed by atoms with Gasteiger partial charge in [-0.3, -0.25) is 9.69 Å². The van der Waals surface area contributed by atoms with Crippen molar-refractivity contribution >= 4 is 23.6 Å². The Hall–Kier alpha value is -2.96. The number of aryl methyl sites for hydroxylation is 1. The SMILES string of the molecule is Cc1cccc(C=CC(=O)N2CCN(Cc3nc(-c4ccc(Cl)cc4)no3)CC2)c1. The maximum absolute atomic E-state index is 12.5. The molecule has 154 valence electrons.